The molecule has 0 aromatic heterocycles. The SMILES string of the molecule is CCOC(=O)c1ccc(N2C(=O)CC(N(CC3CCCO3)C(=O)C3C(C)(C)C3(C)C)C2=O)cc1. The molecule has 8 heteroatoms. The van der Waals surface area contributed by atoms with E-state index >= 15 is 0 Å². The summed E-state index contributed by atoms with van der Waals surface area (Å²) in [5, 5.41) is 0. The maximum atomic E-state index is 13.7. The van der Waals surface area contributed by atoms with E-state index in [9.17, 15) is 19.2 Å². The van der Waals surface area contributed by atoms with Crippen LogP contribution in [0.25, 0.3) is 0 Å². The van der Waals surface area contributed by atoms with Gasteiger partial charge in [0.2, 0.25) is 11.8 Å². The van der Waals surface area contributed by atoms with Crippen molar-refractivity contribution in [2.45, 2.75) is 66.0 Å². The average molecular weight is 471 g/mol. The number of anilines is 1. The minimum atomic E-state index is -0.860. The molecule has 184 valence electrons. The van der Waals surface area contributed by atoms with Gasteiger partial charge in [-0.05, 0) is 54.9 Å². The molecular formula is C26H34N2O6. The Labute approximate surface area is 200 Å². The number of amides is 3. The summed E-state index contributed by atoms with van der Waals surface area (Å²) in [5.74, 6) is -1.55. The minimum absolute atomic E-state index is 0.0650. The van der Waals surface area contributed by atoms with Crippen LogP contribution in [-0.4, -0.2) is 60.5 Å². The van der Waals surface area contributed by atoms with Crippen molar-refractivity contribution in [3.63, 3.8) is 0 Å². The minimum Gasteiger partial charge on any atom is -0.462 e. The molecule has 3 aliphatic rings. The second-order valence-electron chi connectivity index (χ2n) is 10.6. The Morgan fingerprint density at radius 2 is 1.76 bits per heavy atom. The van der Waals surface area contributed by atoms with E-state index in [1.165, 1.54) is 12.1 Å². The fourth-order valence-electron chi connectivity index (χ4n) is 5.45. The number of ether oxygens (including phenoxy) is 2. The zero-order valence-corrected chi connectivity index (χ0v) is 20.6. The highest BCUT2D eigenvalue weighted by Gasteiger charge is 2.69. The number of nitrogens with zero attached hydrogens (tertiary/aromatic N) is 2. The van der Waals surface area contributed by atoms with E-state index in [1.807, 2.05) is 0 Å². The van der Waals surface area contributed by atoms with Crippen molar-refractivity contribution < 1.29 is 28.7 Å². The third-order valence-electron chi connectivity index (χ3n) is 8.11. The van der Waals surface area contributed by atoms with E-state index in [2.05, 4.69) is 27.7 Å². The smallest absolute Gasteiger partial charge is 0.338 e. The van der Waals surface area contributed by atoms with Crippen LogP contribution in [0, 0.1) is 16.7 Å². The molecule has 2 atom stereocenters. The second kappa shape index (κ2) is 8.80. The fraction of sp³-hybridized carbons (Fsp3) is 0.615. The quantitative estimate of drug-likeness (QED) is 0.449. The molecule has 0 spiro atoms. The first kappa shape index (κ1) is 24.4. The molecule has 0 N–H and O–H groups in total. The molecule has 2 saturated heterocycles. The van der Waals surface area contributed by atoms with Gasteiger partial charge in [-0.3, -0.25) is 14.4 Å². The van der Waals surface area contributed by atoms with Crippen molar-refractivity contribution in [3.05, 3.63) is 29.8 Å². The number of rotatable bonds is 7. The van der Waals surface area contributed by atoms with E-state index in [0.717, 1.165) is 17.7 Å². The van der Waals surface area contributed by atoms with Gasteiger partial charge in [0, 0.05) is 19.1 Å². The maximum absolute atomic E-state index is 13.7. The maximum Gasteiger partial charge on any atom is 0.338 e. The largest absolute Gasteiger partial charge is 0.462 e. The third kappa shape index (κ3) is 4.02. The van der Waals surface area contributed by atoms with Gasteiger partial charge in [-0.15, -0.1) is 0 Å². The highest BCUT2D eigenvalue weighted by atomic mass is 16.5. The first-order valence-corrected chi connectivity index (χ1v) is 12.1. The molecule has 2 unspecified atom stereocenters. The van der Waals surface area contributed by atoms with Crippen LogP contribution in [0.1, 0.15) is 64.2 Å². The lowest BCUT2D eigenvalue weighted by atomic mass is 10.0. The van der Waals surface area contributed by atoms with Crippen LogP contribution >= 0.6 is 0 Å². The standard InChI is InChI=1S/C26H34N2O6/c1-6-33-24(32)16-9-11-17(12-10-16)28-20(29)14-19(22(28)30)27(15-18-8-7-13-34-18)23(31)21-25(2,3)26(21,4)5/h9-12,18-19,21H,6-8,13-15H2,1-5H3. The lowest BCUT2D eigenvalue weighted by Gasteiger charge is -2.30. The van der Waals surface area contributed by atoms with Crippen molar-refractivity contribution in [1.82, 2.24) is 4.90 Å². The summed E-state index contributed by atoms with van der Waals surface area (Å²) in [4.78, 5) is 54.9. The van der Waals surface area contributed by atoms with Crippen LogP contribution in [0.4, 0.5) is 5.69 Å². The summed E-state index contributed by atoms with van der Waals surface area (Å²) in [6.07, 6.45) is 1.55. The molecule has 1 aromatic carbocycles. The Balaban J connectivity index is 1.58. The van der Waals surface area contributed by atoms with Gasteiger partial charge in [0.15, 0.2) is 0 Å². The number of esters is 1. The van der Waals surface area contributed by atoms with Crippen LogP contribution in [-0.2, 0) is 23.9 Å². The van der Waals surface area contributed by atoms with Crippen molar-refractivity contribution in [3.8, 4) is 0 Å². The summed E-state index contributed by atoms with van der Waals surface area (Å²) in [6.45, 7) is 11.2. The summed E-state index contributed by atoms with van der Waals surface area (Å²) < 4.78 is 10.8. The summed E-state index contributed by atoms with van der Waals surface area (Å²) in [7, 11) is 0. The van der Waals surface area contributed by atoms with E-state index in [4.69, 9.17) is 9.47 Å². The number of carbonyl (C=O) groups is 4. The Hall–Kier alpha value is -2.74. The van der Waals surface area contributed by atoms with Gasteiger partial charge in [-0.25, -0.2) is 9.69 Å². The third-order valence-corrected chi connectivity index (χ3v) is 8.11. The Kier molecular flexibility index (Phi) is 6.31. The van der Waals surface area contributed by atoms with Crippen LogP contribution in [0.5, 0.6) is 0 Å². The number of carbonyl (C=O) groups excluding carboxylic acids is 4. The van der Waals surface area contributed by atoms with Gasteiger partial charge >= 0.3 is 5.97 Å². The normalized spacial score (nSPS) is 25.5. The molecule has 1 saturated carbocycles. The Morgan fingerprint density at radius 1 is 1.12 bits per heavy atom. The predicted molar refractivity (Wildman–Crippen MR) is 125 cm³/mol. The molecule has 0 radical (unpaired) electrons. The molecule has 34 heavy (non-hydrogen) atoms. The lowest BCUT2D eigenvalue weighted by Crippen LogP contribution is -2.49. The second-order valence-corrected chi connectivity index (χ2v) is 10.6. The van der Waals surface area contributed by atoms with Crippen LogP contribution in [0.2, 0.25) is 0 Å². The number of benzene rings is 1. The first-order valence-electron chi connectivity index (χ1n) is 12.1. The van der Waals surface area contributed by atoms with E-state index in [-0.39, 0.29) is 47.7 Å². The Morgan fingerprint density at radius 3 is 2.29 bits per heavy atom. The zero-order chi connectivity index (χ0) is 24.8. The molecule has 2 heterocycles. The molecule has 1 aliphatic carbocycles. The van der Waals surface area contributed by atoms with Gasteiger partial charge < -0.3 is 14.4 Å². The number of hydrogen-bond acceptors (Lipinski definition) is 6. The van der Waals surface area contributed by atoms with Crippen molar-refractivity contribution >= 4 is 29.4 Å². The summed E-state index contributed by atoms with van der Waals surface area (Å²) in [6, 6.07) is 5.33. The number of hydrogen-bond donors (Lipinski definition) is 0. The van der Waals surface area contributed by atoms with E-state index in [0.29, 0.717) is 24.4 Å². The van der Waals surface area contributed by atoms with Gasteiger partial charge in [-0.1, -0.05) is 27.7 Å². The van der Waals surface area contributed by atoms with E-state index < -0.39 is 17.9 Å². The van der Waals surface area contributed by atoms with Crippen molar-refractivity contribution in [1.29, 1.82) is 0 Å². The zero-order valence-electron chi connectivity index (χ0n) is 20.6. The van der Waals surface area contributed by atoms with Crippen molar-refractivity contribution in [2.24, 2.45) is 16.7 Å². The number of imide groups is 1. The van der Waals surface area contributed by atoms with Crippen LogP contribution < -0.4 is 4.90 Å². The van der Waals surface area contributed by atoms with Gasteiger partial charge in [0.05, 0.1) is 30.4 Å². The van der Waals surface area contributed by atoms with E-state index in [1.54, 1.807) is 24.0 Å². The van der Waals surface area contributed by atoms with Crippen LogP contribution in [0.3, 0.4) is 0 Å². The molecule has 4 rings (SSSR count). The highest BCUT2D eigenvalue weighted by Crippen LogP contribution is 2.69. The van der Waals surface area contributed by atoms with Crippen LogP contribution in [0.15, 0.2) is 24.3 Å². The monoisotopic (exact) mass is 470 g/mol. The molecular weight excluding hydrogens is 436 g/mol. The van der Waals surface area contributed by atoms with Gasteiger partial charge in [0.25, 0.3) is 5.91 Å². The molecule has 2 aliphatic heterocycles. The summed E-state index contributed by atoms with van der Waals surface area (Å²) >= 11 is 0. The fourth-order valence-corrected chi connectivity index (χ4v) is 5.45. The van der Waals surface area contributed by atoms with Crippen molar-refractivity contribution in [2.75, 3.05) is 24.7 Å². The Bertz CT molecular complexity index is 979. The molecule has 0 bridgehead atoms. The molecule has 3 fully saturated rings. The summed E-state index contributed by atoms with van der Waals surface area (Å²) in [5.41, 5.74) is 0.345. The topological polar surface area (TPSA) is 93.2 Å². The molecule has 8 nitrogen and oxygen atoms in total. The first-order chi connectivity index (χ1) is 16.0. The molecule has 1 aromatic rings. The van der Waals surface area contributed by atoms with Gasteiger partial charge in [-0.2, -0.15) is 0 Å². The predicted octanol–water partition coefficient (Wildman–Crippen LogP) is 3.19. The molecule has 3 amide bonds. The lowest BCUT2D eigenvalue weighted by molar-refractivity contribution is -0.142. The average Bonchev–Trinajstić information content (AvgIpc) is 3.19. The highest BCUT2D eigenvalue weighted by molar-refractivity contribution is 6.23. The van der Waals surface area contributed by atoms with Gasteiger partial charge in [0.1, 0.15) is 6.04 Å².